The molecule has 1 fully saturated rings. The molecule has 0 bridgehead atoms. The Hall–Kier alpha value is -3.23. The highest BCUT2D eigenvalue weighted by Crippen LogP contribution is 2.31. The second-order valence-corrected chi connectivity index (χ2v) is 8.33. The van der Waals surface area contributed by atoms with Gasteiger partial charge in [0.05, 0.1) is 22.1 Å². The third-order valence-corrected chi connectivity index (χ3v) is 6.22. The highest BCUT2D eigenvalue weighted by molar-refractivity contribution is 7.21. The Morgan fingerprint density at radius 1 is 1.07 bits per heavy atom. The van der Waals surface area contributed by atoms with E-state index in [-0.39, 0.29) is 11.7 Å². The van der Waals surface area contributed by atoms with Crippen molar-refractivity contribution in [3.05, 3.63) is 60.5 Å². The van der Waals surface area contributed by atoms with E-state index >= 15 is 0 Å². The Labute approximate surface area is 178 Å². The number of fused-ring (bicyclic) bond motifs is 1. The van der Waals surface area contributed by atoms with E-state index in [9.17, 15) is 4.79 Å². The van der Waals surface area contributed by atoms with Crippen molar-refractivity contribution in [2.24, 2.45) is 0 Å². The molecule has 0 aliphatic carbocycles. The number of carbonyl (C=O) groups is 1. The lowest BCUT2D eigenvalue weighted by Gasteiger charge is -2.33. The number of benzene rings is 1. The van der Waals surface area contributed by atoms with Gasteiger partial charge < -0.3 is 19.5 Å². The molecular formula is C22H21N5O2S. The Morgan fingerprint density at radius 2 is 1.90 bits per heavy atom. The summed E-state index contributed by atoms with van der Waals surface area (Å²) in [5.74, 6) is 1.45. The van der Waals surface area contributed by atoms with Gasteiger partial charge in [-0.15, -0.1) is 11.3 Å². The van der Waals surface area contributed by atoms with Crippen molar-refractivity contribution in [3.63, 3.8) is 0 Å². The average Bonchev–Trinajstić information content (AvgIpc) is 3.42. The molecule has 1 saturated heterocycles. The molecule has 0 atom stereocenters. The van der Waals surface area contributed by atoms with Crippen molar-refractivity contribution >= 4 is 39.0 Å². The monoisotopic (exact) mass is 419 g/mol. The fourth-order valence-electron chi connectivity index (χ4n) is 3.43. The topological polar surface area (TPSA) is 74.5 Å². The summed E-state index contributed by atoms with van der Waals surface area (Å²) in [4.78, 5) is 26.2. The van der Waals surface area contributed by atoms with Gasteiger partial charge in [-0.2, -0.15) is 0 Å². The lowest BCUT2D eigenvalue weighted by atomic mass is 10.3. The number of piperazine rings is 1. The number of nitrogens with one attached hydrogen (secondary N) is 1. The third kappa shape index (κ3) is 3.79. The summed E-state index contributed by atoms with van der Waals surface area (Å²) < 4.78 is 6.85. The van der Waals surface area contributed by atoms with Gasteiger partial charge in [0.25, 0.3) is 5.91 Å². The van der Waals surface area contributed by atoms with Crippen molar-refractivity contribution < 1.29 is 9.21 Å². The van der Waals surface area contributed by atoms with E-state index in [0.29, 0.717) is 11.4 Å². The maximum Gasteiger partial charge on any atom is 0.291 e. The SMILES string of the molecule is CN1CCN(c2ccc(NC(=O)c3ccc(-c4nc5ccccc5s4)o3)cn2)CC1. The van der Waals surface area contributed by atoms with Gasteiger partial charge in [0.2, 0.25) is 0 Å². The predicted octanol–water partition coefficient (Wildman–Crippen LogP) is 3.96. The van der Waals surface area contributed by atoms with Gasteiger partial charge in [-0.1, -0.05) is 12.1 Å². The van der Waals surface area contributed by atoms with Gasteiger partial charge >= 0.3 is 0 Å². The standard InChI is InChI=1S/C22H21N5O2S/c1-26-10-12-27(13-11-26)20-9-6-15(14-23-20)24-21(28)17-7-8-18(29-17)22-25-16-4-2-3-5-19(16)30-22/h2-9,14H,10-13H2,1H3,(H,24,28). The number of para-hydroxylation sites is 1. The second-order valence-electron chi connectivity index (χ2n) is 7.30. The van der Waals surface area contributed by atoms with Crippen LogP contribution in [-0.4, -0.2) is 54.0 Å². The molecule has 4 aromatic rings. The Morgan fingerprint density at radius 3 is 2.67 bits per heavy atom. The predicted molar refractivity (Wildman–Crippen MR) is 119 cm³/mol. The molecule has 1 N–H and O–H groups in total. The highest BCUT2D eigenvalue weighted by atomic mass is 32.1. The zero-order valence-electron chi connectivity index (χ0n) is 16.5. The minimum absolute atomic E-state index is 0.243. The van der Waals surface area contributed by atoms with Gasteiger partial charge in [-0.25, -0.2) is 9.97 Å². The number of pyridine rings is 1. The van der Waals surface area contributed by atoms with Crippen LogP contribution >= 0.6 is 11.3 Å². The van der Waals surface area contributed by atoms with Crippen LogP contribution in [0, 0.1) is 0 Å². The molecule has 3 aromatic heterocycles. The smallest absolute Gasteiger partial charge is 0.291 e. The summed E-state index contributed by atoms with van der Waals surface area (Å²) in [6, 6.07) is 15.2. The maximum atomic E-state index is 12.6. The van der Waals surface area contributed by atoms with Crippen LogP contribution < -0.4 is 10.2 Å². The minimum Gasteiger partial charge on any atom is -0.448 e. The largest absolute Gasteiger partial charge is 0.448 e. The second kappa shape index (κ2) is 7.89. The van der Waals surface area contributed by atoms with Gasteiger partial charge in [0.15, 0.2) is 16.5 Å². The Balaban J connectivity index is 1.26. The van der Waals surface area contributed by atoms with Crippen LogP contribution in [0.1, 0.15) is 10.6 Å². The summed E-state index contributed by atoms with van der Waals surface area (Å²) >= 11 is 1.54. The molecule has 0 radical (unpaired) electrons. The van der Waals surface area contributed by atoms with Gasteiger partial charge in [0.1, 0.15) is 5.82 Å². The van der Waals surface area contributed by atoms with Crippen LogP contribution in [0.3, 0.4) is 0 Å². The number of furan rings is 1. The third-order valence-electron chi connectivity index (χ3n) is 5.17. The van der Waals surface area contributed by atoms with Crippen LogP contribution in [-0.2, 0) is 0 Å². The van der Waals surface area contributed by atoms with Crippen LogP contribution in [0.5, 0.6) is 0 Å². The summed E-state index contributed by atoms with van der Waals surface area (Å²) in [6.07, 6.45) is 1.68. The summed E-state index contributed by atoms with van der Waals surface area (Å²) in [5, 5.41) is 3.61. The van der Waals surface area contributed by atoms with E-state index in [1.165, 1.54) is 0 Å². The van der Waals surface area contributed by atoms with Crippen LogP contribution in [0.25, 0.3) is 21.0 Å². The molecule has 7 nitrogen and oxygen atoms in total. The highest BCUT2D eigenvalue weighted by Gasteiger charge is 2.17. The van der Waals surface area contributed by atoms with Gasteiger partial charge in [0, 0.05) is 26.2 Å². The van der Waals surface area contributed by atoms with Crippen LogP contribution in [0.2, 0.25) is 0 Å². The number of amides is 1. The first-order valence-electron chi connectivity index (χ1n) is 9.82. The molecule has 1 amide bonds. The number of thiazole rings is 1. The van der Waals surface area contributed by atoms with E-state index in [1.807, 2.05) is 36.4 Å². The van der Waals surface area contributed by atoms with Crippen molar-refractivity contribution in [1.29, 1.82) is 0 Å². The van der Waals surface area contributed by atoms with Gasteiger partial charge in [-0.05, 0) is 43.4 Å². The number of nitrogens with zero attached hydrogens (tertiary/aromatic N) is 4. The van der Waals surface area contributed by atoms with Crippen molar-refractivity contribution in [1.82, 2.24) is 14.9 Å². The lowest BCUT2D eigenvalue weighted by molar-refractivity contribution is 0.0997. The van der Waals surface area contributed by atoms with Crippen molar-refractivity contribution in [2.45, 2.75) is 0 Å². The van der Waals surface area contributed by atoms with E-state index in [0.717, 1.165) is 47.2 Å². The average molecular weight is 420 g/mol. The molecule has 1 aliphatic rings. The molecule has 8 heteroatoms. The Kier molecular flexibility index (Phi) is 4.94. The number of carbonyl (C=O) groups excluding carboxylic acids is 1. The van der Waals surface area contributed by atoms with Gasteiger partial charge in [-0.3, -0.25) is 4.79 Å². The fraction of sp³-hybridized carbons (Fsp3) is 0.227. The number of aromatic nitrogens is 2. The summed E-state index contributed by atoms with van der Waals surface area (Å²) in [5.41, 5.74) is 1.56. The fourth-order valence-corrected chi connectivity index (χ4v) is 4.36. The maximum absolute atomic E-state index is 12.6. The zero-order chi connectivity index (χ0) is 20.5. The number of likely N-dealkylation sites (N-methyl/N-ethyl adjacent to an activating group) is 1. The van der Waals surface area contributed by atoms with E-state index in [4.69, 9.17) is 4.42 Å². The Bertz CT molecular complexity index is 1140. The number of rotatable bonds is 4. The van der Waals surface area contributed by atoms with E-state index in [1.54, 1.807) is 29.7 Å². The summed E-state index contributed by atoms with van der Waals surface area (Å²) in [7, 11) is 2.13. The number of hydrogen-bond acceptors (Lipinski definition) is 7. The molecule has 5 rings (SSSR count). The molecule has 30 heavy (non-hydrogen) atoms. The van der Waals surface area contributed by atoms with Crippen molar-refractivity contribution in [3.8, 4) is 10.8 Å². The minimum atomic E-state index is -0.309. The number of anilines is 2. The summed E-state index contributed by atoms with van der Waals surface area (Å²) in [6.45, 7) is 3.96. The molecule has 1 aromatic carbocycles. The molecule has 1 aliphatic heterocycles. The van der Waals surface area contributed by atoms with E-state index < -0.39 is 0 Å². The van der Waals surface area contributed by atoms with Crippen LogP contribution in [0.15, 0.2) is 59.1 Å². The molecule has 152 valence electrons. The normalized spacial score (nSPS) is 14.9. The van der Waals surface area contributed by atoms with Crippen molar-refractivity contribution in [2.75, 3.05) is 43.4 Å². The van der Waals surface area contributed by atoms with E-state index in [2.05, 4.69) is 32.1 Å². The van der Waals surface area contributed by atoms with Crippen LogP contribution in [0.4, 0.5) is 11.5 Å². The first-order chi connectivity index (χ1) is 14.7. The quantitative estimate of drug-likeness (QED) is 0.540. The molecule has 0 saturated carbocycles. The first kappa shape index (κ1) is 18.8. The lowest BCUT2D eigenvalue weighted by Crippen LogP contribution is -2.44. The molecule has 0 spiro atoms. The molecule has 0 unspecified atom stereocenters. The molecular weight excluding hydrogens is 398 g/mol. The number of hydrogen-bond donors (Lipinski definition) is 1. The first-order valence-corrected chi connectivity index (χ1v) is 10.6. The molecule has 4 heterocycles. The zero-order valence-corrected chi connectivity index (χ0v) is 17.4.